The van der Waals surface area contributed by atoms with Crippen molar-refractivity contribution < 1.29 is 9.47 Å². The topological polar surface area (TPSA) is 58.1 Å². The van der Waals surface area contributed by atoms with Gasteiger partial charge in [0.2, 0.25) is 0 Å². The number of benzene rings is 1. The number of hydrogen-bond acceptors (Lipinski definition) is 4. The molecule has 132 valence electrons. The fraction of sp³-hybridized carbons (Fsp3) is 0.562. The third-order valence-electron chi connectivity index (χ3n) is 3.28. The van der Waals surface area contributed by atoms with E-state index in [0.717, 1.165) is 43.5 Å². The Morgan fingerprint density at radius 3 is 2.65 bits per heavy atom. The van der Waals surface area contributed by atoms with Crippen LogP contribution in [0.4, 0.5) is 0 Å². The third kappa shape index (κ3) is 9.62. The summed E-state index contributed by atoms with van der Waals surface area (Å²) in [5.41, 5.74) is 1.15. The number of methoxy groups -OCH3 is 2. The Kier molecular flexibility index (Phi) is 12.8. The molecule has 0 aliphatic carbocycles. The van der Waals surface area contributed by atoms with Crippen LogP contribution >= 0.6 is 24.0 Å². The SMILES string of the molecule is CN=C(NCCN(C)CCOC)NCc1cccc(OC)c1.I. The zero-order chi connectivity index (χ0) is 16.2. The van der Waals surface area contributed by atoms with Crippen molar-refractivity contribution in [2.45, 2.75) is 6.54 Å². The number of halogens is 1. The molecular weight excluding hydrogens is 407 g/mol. The summed E-state index contributed by atoms with van der Waals surface area (Å²) >= 11 is 0. The summed E-state index contributed by atoms with van der Waals surface area (Å²) in [5, 5.41) is 6.59. The van der Waals surface area contributed by atoms with Crippen molar-refractivity contribution in [2.24, 2.45) is 4.99 Å². The molecule has 2 N–H and O–H groups in total. The van der Waals surface area contributed by atoms with Crippen LogP contribution in [-0.2, 0) is 11.3 Å². The van der Waals surface area contributed by atoms with Crippen molar-refractivity contribution in [3.05, 3.63) is 29.8 Å². The largest absolute Gasteiger partial charge is 0.497 e. The van der Waals surface area contributed by atoms with Gasteiger partial charge in [-0.25, -0.2) is 0 Å². The highest BCUT2D eigenvalue weighted by Crippen LogP contribution is 2.11. The molecule has 0 fully saturated rings. The van der Waals surface area contributed by atoms with Gasteiger partial charge >= 0.3 is 0 Å². The highest BCUT2D eigenvalue weighted by atomic mass is 127. The van der Waals surface area contributed by atoms with Gasteiger partial charge in [0.1, 0.15) is 5.75 Å². The monoisotopic (exact) mass is 436 g/mol. The Balaban J connectivity index is 0.00000484. The minimum atomic E-state index is 0. The molecule has 0 aliphatic heterocycles. The minimum absolute atomic E-state index is 0. The molecule has 0 saturated heterocycles. The Labute approximate surface area is 156 Å². The number of likely N-dealkylation sites (N-methyl/N-ethyl adjacent to an activating group) is 1. The van der Waals surface area contributed by atoms with E-state index in [9.17, 15) is 0 Å². The van der Waals surface area contributed by atoms with Gasteiger partial charge in [0, 0.05) is 40.3 Å². The molecular formula is C16H29IN4O2. The van der Waals surface area contributed by atoms with Crippen molar-refractivity contribution in [2.75, 3.05) is 54.6 Å². The van der Waals surface area contributed by atoms with Crippen molar-refractivity contribution in [1.82, 2.24) is 15.5 Å². The molecule has 1 aromatic carbocycles. The highest BCUT2D eigenvalue weighted by molar-refractivity contribution is 14.0. The molecule has 0 amide bonds. The maximum Gasteiger partial charge on any atom is 0.191 e. The summed E-state index contributed by atoms with van der Waals surface area (Å²) in [5.74, 6) is 1.66. The highest BCUT2D eigenvalue weighted by Gasteiger charge is 2.01. The van der Waals surface area contributed by atoms with Crippen LogP contribution in [0, 0.1) is 0 Å². The number of nitrogens with zero attached hydrogens (tertiary/aromatic N) is 2. The molecule has 0 atom stereocenters. The van der Waals surface area contributed by atoms with E-state index in [4.69, 9.17) is 9.47 Å². The first-order chi connectivity index (χ1) is 10.7. The molecule has 0 saturated carbocycles. The van der Waals surface area contributed by atoms with Crippen molar-refractivity contribution in [1.29, 1.82) is 0 Å². The molecule has 0 heterocycles. The minimum Gasteiger partial charge on any atom is -0.497 e. The molecule has 0 aromatic heterocycles. The van der Waals surface area contributed by atoms with E-state index < -0.39 is 0 Å². The maximum atomic E-state index is 5.22. The van der Waals surface area contributed by atoms with E-state index in [1.165, 1.54) is 0 Å². The lowest BCUT2D eigenvalue weighted by Crippen LogP contribution is -2.41. The standard InChI is InChI=1S/C16H28N4O2.HI/c1-17-16(18-8-9-20(2)10-11-21-3)19-13-14-6-5-7-15(12-14)22-4;/h5-7,12H,8-11,13H2,1-4H3,(H2,17,18,19);1H. The first-order valence-corrected chi connectivity index (χ1v) is 7.44. The molecule has 1 rings (SSSR count). The van der Waals surface area contributed by atoms with E-state index in [1.807, 2.05) is 18.2 Å². The predicted octanol–water partition coefficient (Wildman–Crippen LogP) is 1.56. The fourth-order valence-corrected chi connectivity index (χ4v) is 1.91. The van der Waals surface area contributed by atoms with Gasteiger partial charge < -0.3 is 25.0 Å². The zero-order valence-electron chi connectivity index (χ0n) is 14.5. The summed E-state index contributed by atoms with van der Waals surface area (Å²) in [6, 6.07) is 7.99. The lowest BCUT2D eigenvalue weighted by Gasteiger charge is -2.18. The summed E-state index contributed by atoms with van der Waals surface area (Å²) < 4.78 is 10.3. The molecule has 0 aliphatic rings. The Morgan fingerprint density at radius 2 is 2.00 bits per heavy atom. The van der Waals surface area contributed by atoms with Crippen LogP contribution in [0.3, 0.4) is 0 Å². The van der Waals surface area contributed by atoms with Crippen molar-refractivity contribution in [3.63, 3.8) is 0 Å². The van der Waals surface area contributed by atoms with Crippen molar-refractivity contribution >= 4 is 29.9 Å². The number of rotatable bonds is 9. The Hall–Kier alpha value is -1.06. The molecule has 0 bridgehead atoms. The molecule has 0 unspecified atom stereocenters. The number of ether oxygens (including phenoxy) is 2. The molecule has 0 radical (unpaired) electrons. The van der Waals surface area contributed by atoms with Crippen molar-refractivity contribution in [3.8, 4) is 5.75 Å². The fourth-order valence-electron chi connectivity index (χ4n) is 1.91. The quantitative estimate of drug-likeness (QED) is 0.350. The van der Waals surface area contributed by atoms with E-state index in [2.05, 4.69) is 33.6 Å². The molecule has 6 nitrogen and oxygen atoms in total. The maximum absolute atomic E-state index is 5.22. The molecule has 7 heteroatoms. The molecule has 0 spiro atoms. The second-order valence-corrected chi connectivity index (χ2v) is 5.00. The summed E-state index contributed by atoms with van der Waals surface area (Å²) in [6.45, 7) is 4.14. The van der Waals surface area contributed by atoms with E-state index >= 15 is 0 Å². The van der Waals surface area contributed by atoms with Crippen LogP contribution in [0.25, 0.3) is 0 Å². The van der Waals surface area contributed by atoms with E-state index in [-0.39, 0.29) is 24.0 Å². The van der Waals surface area contributed by atoms with Gasteiger partial charge in [-0.2, -0.15) is 0 Å². The number of hydrogen-bond donors (Lipinski definition) is 2. The second kappa shape index (κ2) is 13.4. The van der Waals surface area contributed by atoms with Gasteiger partial charge in [-0.1, -0.05) is 12.1 Å². The van der Waals surface area contributed by atoms with Crippen LogP contribution in [0.1, 0.15) is 5.56 Å². The Morgan fingerprint density at radius 1 is 1.22 bits per heavy atom. The second-order valence-electron chi connectivity index (χ2n) is 5.00. The first kappa shape index (κ1) is 21.9. The van der Waals surface area contributed by atoms with Gasteiger partial charge in [-0.05, 0) is 24.7 Å². The van der Waals surface area contributed by atoms with Gasteiger partial charge in [-0.15, -0.1) is 24.0 Å². The summed E-state index contributed by atoms with van der Waals surface area (Å²) in [7, 11) is 7.24. The molecule has 1 aromatic rings. The normalized spacial score (nSPS) is 11.1. The van der Waals surface area contributed by atoms with Crippen LogP contribution < -0.4 is 15.4 Å². The average Bonchev–Trinajstić information content (AvgIpc) is 2.56. The lowest BCUT2D eigenvalue weighted by molar-refractivity contribution is 0.162. The first-order valence-electron chi connectivity index (χ1n) is 7.44. The van der Waals surface area contributed by atoms with Crippen LogP contribution in [0.2, 0.25) is 0 Å². The zero-order valence-corrected chi connectivity index (χ0v) is 16.8. The van der Waals surface area contributed by atoms with E-state index in [0.29, 0.717) is 6.54 Å². The smallest absolute Gasteiger partial charge is 0.191 e. The predicted molar refractivity (Wildman–Crippen MR) is 106 cm³/mol. The van der Waals surface area contributed by atoms with Crippen LogP contribution in [-0.4, -0.2) is 65.4 Å². The average molecular weight is 436 g/mol. The van der Waals surface area contributed by atoms with Crippen LogP contribution in [0.15, 0.2) is 29.3 Å². The Bertz CT molecular complexity index is 457. The number of nitrogens with one attached hydrogen (secondary N) is 2. The van der Waals surface area contributed by atoms with Gasteiger partial charge in [0.25, 0.3) is 0 Å². The summed E-state index contributed by atoms with van der Waals surface area (Å²) in [6.07, 6.45) is 0. The number of aliphatic imine (C=N–C) groups is 1. The summed E-state index contributed by atoms with van der Waals surface area (Å²) in [4.78, 5) is 6.44. The van der Waals surface area contributed by atoms with Gasteiger partial charge in [-0.3, -0.25) is 4.99 Å². The van der Waals surface area contributed by atoms with E-state index in [1.54, 1.807) is 21.3 Å². The van der Waals surface area contributed by atoms with Gasteiger partial charge in [0.05, 0.1) is 13.7 Å². The molecule has 23 heavy (non-hydrogen) atoms. The van der Waals surface area contributed by atoms with Crippen LogP contribution in [0.5, 0.6) is 5.75 Å². The number of guanidine groups is 1. The third-order valence-corrected chi connectivity index (χ3v) is 3.28. The lowest BCUT2D eigenvalue weighted by atomic mass is 10.2. The van der Waals surface area contributed by atoms with Gasteiger partial charge in [0.15, 0.2) is 5.96 Å².